The minimum Gasteiger partial charge on any atom is -0.508 e. The van der Waals surface area contributed by atoms with E-state index < -0.39 is 17.6 Å². The van der Waals surface area contributed by atoms with Crippen molar-refractivity contribution in [2.24, 2.45) is 0 Å². The molecule has 98 valence electrons. The summed E-state index contributed by atoms with van der Waals surface area (Å²) in [6, 6.07) is 6.79. The van der Waals surface area contributed by atoms with Gasteiger partial charge in [0.25, 0.3) is 0 Å². The number of hydrogen-bond acceptors (Lipinski definition) is 3. The molecule has 0 spiro atoms. The van der Waals surface area contributed by atoms with Gasteiger partial charge < -0.3 is 9.84 Å². The molecule has 0 aliphatic heterocycles. The Balaban J connectivity index is 2.57. The van der Waals surface area contributed by atoms with Gasteiger partial charge in [0.1, 0.15) is 17.4 Å². The first kappa shape index (κ1) is 13.0. The summed E-state index contributed by atoms with van der Waals surface area (Å²) in [6.45, 7) is 0. The number of esters is 1. The first-order chi connectivity index (χ1) is 9.01. The summed E-state index contributed by atoms with van der Waals surface area (Å²) < 4.78 is 31.5. The molecule has 0 fully saturated rings. The van der Waals surface area contributed by atoms with Gasteiger partial charge in [0.15, 0.2) is 0 Å². The standard InChI is InChI=1S/C14H10F2O3/c1-19-14(18)8-2-3-13(16)12(6-8)9-4-10(15)7-11(17)5-9/h2-7,17H,1H3. The molecule has 0 heterocycles. The van der Waals surface area contributed by atoms with Gasteiger partial charge in [-0.05, 0) is 35.9 Å². The lowest BCUT2D eigenvalue weighted by atomic mass is 10.0. The largest absolute Gasteiger partial charge is 0.508 e. The predicted octanol–water partition coefficient (Wildman–Crippen LogP) is 3.12. The zero-order chi connectivity index (χ0) is 14.0. The van der Waals surface area contributed by atoms with Crippen LogP contribution in [0.5, 0.6) is 5.75 Å². The van der Waals surface area contributed by atoms with Gasteiger partial charge in [0.2, 0.25) is 0 Å². The van der Waals surface area contributed by atoms with E-state index >= 15 is 0 Å². The molecule has 0 aliphatic carbocycles. The first-order valence-electron chi connectivity index (χ1n) is 5.39. The number of ether oxygens (including phenoxy) is 1. The maximum absolute atomic E-state index is 13.7. The molecule has 0 atom stereocenters. The number of carbonyl (C=O) groups is 1. The van der Waals surface area contributed by atoms with Crippen LogP contribution >= 0.6 is 0 Å². The minimum atomic E-state index is -0.696. The lowest BCUT2D eigenvalue weighted by molar-refractivity contribution is 0.0600. The number of aromatic hydroxyl groups is 1. The quantitative estimate of drug-likeness (QED) is 0.848. The molecule has 0 saturated heterocycles. The number of phenolic OH excluding ortho intramolecular Hbond substituents is 1. The van der Waals surface area contributed by atoms with Crippen molar-refractivity contribution in [2.75, 3.05) is 7.11 Å². The molecule has 0 bridgehead atoms. The summed E-state index contributed by atoms with van der Waals surface area (Å²) in [7, 11) is 1.21. The van der Waals surface area contributed by atoms with Crippen molar-refractivity contribution in [1.82, 2.24) is 0 Å². The van der Waals surface area contributed by atoms with Crippen LogP contribution < -0.4 is 0 Å². The Morgan fingerprint density at radius 3 is 2.53 bits per heavy atom. The fraction of sp³-hybridized carbons (Fsp3) is 0.0714. The number of rotatable bonds is 2. The van der Waals surface area contributed by atoms with Crippen LogP contribution in [0.25, 0.3) is 11.1 Å². The van der Waals surface area contributed by atoms with E-state index in [1.807, 2.05) is 0 Å². The smallest absolute Gasteiger partial charge is 0.337 e. The number of benzene rings is 2. The third-order valence-corrected chi connectivity index (χ3v) is 2.58. The third kappa shape index (κ3) is 2.70. The molecule has 0 saturated carbocycles. The van der Waals surface area contributed by atoms with Gasteiger partial charge in [0, 0.05) is 11.6 Å². The average molecular weight is 264 g/mol. The van der Waals surface area contributed by atoms with Crippen LogP contribution in [0.3, 0.4) is 0 Å². The van der Waals surface area contributed by atoms with E-state index in [0.29, 0.717) is 0 Å². The molecule has 2 rings (SSSR count). The van der Waals surface area contributed by atoms with Crippen molar-refractivity contribution >= 4 is 5.97 Å². The zero-order valence-electron chi connectivity index (χ0n) is 9.98. The molecule has 19 heavy (non-hydrogen) atoms. The molecule has 0 amide bonds. The van der Waals surface area contributed by atoms with E-state index in [1.54, 1.807) is 0 Å². The molecule has 0 aromatic heterocycles. The Kier molecular flexibility index (Phi) is 3.46. The maximum Gasteiger partial charge on any atom is 0.337 e. The monoisotopic (exact) mass is 264 g/mol. The molecule has 3 nitrogen and oxygen atoms in total. The van der Waals surface area contributed by atoms with Gasteiger partial charge in [-0.15, -0.1) is 0 Å². The van der Waals surface area contributed by atoms with Gasteiger partial charge in [0.05, 0.1) is 12.7 Å². The van der Waals surface area contributed by atoms with Crippen molar-refractivity contribution in [3.8, 4) is 16.9 Å². The SMILES string of the molecule is COC(=O)c1ccc(F)c(-c2cc(O)cc(F)c2)c1. The highest BCUT2D eigenvalue weighted by Crippen LogP contribution is 2.28. The number of methoxy groups -OCH3 is 1. The Bertz CT molecular complexity index is 618. The number of hydrogen-bond donors (Lipinski definition) is 1. The van der Waals surface area contributed by atoms with E-state index in [9.17, 15) is 18.7 Å². The number of phenols is 1. The summed E-state index contributed by atoms with van der Waals surface area (Å²) in [5, 5.41) is 9.32. The summed E-state index contributed by atoms with van der Waals surface area (Å²) in [5.41, 5.74) is 0.293. The predicted molar refractivity (Wildman–Crippen MR) is 64.8 cm³/mol. The molecule has 0 aliphatic rings. The topological polar surface area (TPSA) is 46.5 Å². The van der Waals surface area contributed by atoms with E-state index in [2.05, 4.69) is 4.74 Å². The van der Waals surface area contributed by atoms with Crippen LogP contribution in [0.1, 0.15) is 10.4 Å². The van der Waals surface area contributed by atoms with Crippen molar-refractivity contribution < 1.29 is 23.4 Å². The van der Waals surface area contributed by atoms with Crippen LogP contribution in [-0.4, -0.2) is 18.2 Å². The minimum absolute atomic E-state index is 0.0118. The van der Waals surface area contributed by atoms with Crippen LogP contribution in [0, 0.1) is 11.6 Å². The summed E-state index contributed by atoms with van der Waals surface area (Å²) in [5.74, 6) is -2.27. The highest BCUT2D eigenvalue weighted by atomic mass is 19.1. The first-order valence-corrected chi connectivity index (χ1v) is 5.39. The van der Waals surface area contributed by atoms with Crippen molar-refractivity contribution in [2.45, 2.75) is 0 Å². The van der Waals surface area contributed by atoms with Gasteiger partial charge in [-0.1, -0.05) is 0 Å². The number of halogens is 2. The second-order valence-electron chi connectivity index (χ2n) is 3.88. The van der Waals surface area contributed by atoms with E-state index in [4.69, 9.17) is 0 Å². The van der Waals surface area contributed by atoms with Gasteiger partial charge in [-0.25, -0.2) is 13.6 Å². The second kappa shape index (κ2) is 5.06. The molecule has 5 heteroatoms. The van der Waals surface area contributed by atoms with E-state index in [-0.39, 0.29) is 22.4 Å². The molecule has 0 unspecified atom stereocenters. The fourth-order valence-electron chi connectivity index (χ4n) is 1.72. The summed E-state index contributed by atoms with van der Waals surface area (Å²) in [4.78, 5) is 11.4. The van der Waals surface area contributed by atoms with Gasteiger partial charge in [-0.2, -0.15) is 0 Å². The molecule has 0 radical (unpaired) electrons. The molecule has 1 N–H and O–H groups in total. The molecular weight excluding hydrogens is 254 g/mol. The van der Waals surface area contributed by atoms with Crippen molar-refractivity contribution in [3.05, 3.63) is 53.6 Å². The Hall–Kier alpha value is -2.43. The van der Waals surface area contributed by atoms with Crippen molar-refractivity contribution in [1.29, 1.82) is 0 Å². The van der Waals surface area contributed by atoms with Crippen LogP contribution in [0.2, 0.25) is 0 Å². The lowest BCUT2D eigenvalue weighted by Crippen LogP contribution is -2.02. The fourth-order valence-corrected chi connectivity index (χ4v) is 1.72. The van der Waals surface area contributed by atoms with Gasteiger partial charge in [-0.3, -0.25) is 0 Å². The van der Waals surface area contributed by atoms with Crippen LogP contribution in [-0.2, 0) is 4.74 Å². The second-order valence-corrected chi connectivity index (χ2v) is 3.88. The maximum atomic E-state index is 13.7. The zero-order valence-corrected chi connectivity index (χ0v) is 9.98. The van der Waals surface area contributed by atoms with Gasteiger partial charge >= 0.3 is 5.97 Å². The van der Waals surface area contributed by atoms with Crippen LogP contribution in [0.15, 0.2) is 36.4 Å². The normalized spacial score (nSPS) is 10.3. The van der Waals surface area contributed by atoms with Crippen molar-refractivity contribution in [3.63, 3.8) is 0 Å². The van der Waals surface area contributed by atoms with E-state index in [0.717, 1.165) is 18.2 Å². The average Bonchev–Trinajstić information content (AvgIpc) is 2.37. The highest BCUT2D eigenvalue weighted by Gasteiger charge is 2.12. The Morgan fingerprint density at radius 2 is 1.89 bits per heavy atom. The summed E-state index contributed by atoms with van der Waals surface area (Å²) in [6.07, 6.45) is 0. The molecule has 2 aromatic carbocycles. The third-order valence-electron chi connectivity index (χ3n) is 2.58. The Labute approximate surface area is 108 Å². The lowest BCUT2D eigenvalue weighted by Gasteiger charge is -2.07. The number of carbonyl (C=O) groups excluding carboxylic acids is 1. The highest BCUT2D eigenvalue weighted by molar-refractivity contribution is 5.91. The summed E-state index contributed by atoms with van der Waals surface area (Å²) >= 11 is 0. The van der Waals surface area contributed by atoms with Crippen LogP contribution in [0.4, 0.5) is 8.78 Å². The van der Waals surface area contributed by atoms with E-state index in [1.165, 1.54) is 25.3 Å². The Morgan fingerprint density at radius 1 is 1.16 bits per heavy atom. The molecule has 2 aromatic rings. The molecular formula is C14H10F2O3.